The monoisotopic (exact) mass is 418 g/mol. The molecular weight excluding hydrogens is 368 g/mol. The Hall–Kier alpha value is -1.18. The minimum Gasteiger partial charge on any atom is -0.493 e. The Bertz CT molecular complexity index is 524. The summed E-state index contributed by atoms with van der Waals surface area (Å²) in [4.78, 5) is 0. The lowest BCUT2D eigenvalue weighted by molar-refractivity contribution is 0.267. The summed E-state index contributed by atoms with van der Waals surface area (Å²) in [5.41, 5.74) is 2.35. The van der Waals surface area contributed by atoms with Gasteiger partial charge in [0.05, 0.1) is 13.2 Å². The maximum Gasteiger partial charge on any atom is 0.122 e. The molecule has 0 amide bonds. The Morgan fingerprint density at radius 3 is 1.27 bits per heavy atom. The molecule has 0 saturated heterocycles. The molecule has 0 heterocycles. The van der Waals surface area contributed by atoms with Crippen LogP contribution in [-0.4, -0.2) is 13.2 Å². The molecule has 0 aromatic heterocycles. The number of ether oxygens (including phenoxy) is 2. The number of aryl methyl sites for hydroxylation is 2. The van der Waals surface area contributed by atoms with Crippen LogP contribution in [0.1, 0.15) is 104 Å². The zero-order valence-corrected chi connectivity index (χ0v) is 21.4. The summed E-state index contributed by atoms with van der Waals surface area (Å²) in [7, 11) is 0. The quantitative estimate of drug-likeness (QED) is 0.267. The Morgan fingerprint density at radius 2 is 0.933 bits per heavy atom. The molecule has 2 nitrogen and oxygen atoms in total. The van der Waals surface area contributed by atoms with Crippen molar-refractivity contribution >= 4 is 0 Å². The van der Waals surface area contributed by atoms with Crippen LogP contribution in [0.5, 0.6) is 11.5 Å². The van der Waals surface area contributed by atoms with Gasteiger partial charge in [0.2, 0.25) is 0 Å². The molecule has 30 heavy (non-hydrogen) atoms. The molecule has 0 aliphatic carbocycles. The van der Waals surface area contributed by atoms with Crippen LogP contribution in [0.2, 0.25) is 0 Å². The van der Waals surface area contributed by atoms with Gasteiger partial charge in [-0.3, -0.25) is 0 Å². The van der Waals surface area contributed by atoms with E-state index in [4.69, 9.17) is 9.47 Å². The van der Waals surface area contributed by atoms with Gasteiger partial charge in [-0.05, 0) is 73.6 Å². The highest BCUT2D eigenvalue weighted by Crippen LogP contribution is 2.29. The third-order valence-electron chi connectivity index (χ3n) is 6.17. The van der Waals surface area contributed by atoms with Gasteiger partial charge in [-0.2, -0.15) is 0 Å². The van der Waals surface area contributed by atoms with Gasteiger partial charge in [-0.1, -0.05) is 80.1 Å². The molecule has 1 aromatic rings. The van der Waals surface area contributed by atoms with Crippen LogP contribution >= 0.6 is 0 Å². The average molecular weight is 419 g/mol. The van der Waals surface area contributed by atoms with Crippen molar-refractivity contribution in [2.45, 2.75) is 107 Å². The zero-order chi connectivity index (χ0) is 22.5. The largest absolute Gasteiger partial charge is 0.493 e. The lowest BCUT2D eigenvalue weighted by atomic mass is 9.97. The number of hydrogen-bond acceptors (Lipinski definition) is 2. The smallest absolute Gasteiger partial charge is 0.122 e. The molecule has 0 saturated carbocycles. The average Bonchev–Trinajstić information content (AvgIpc) is 2.64. The Kier molecular flexibility index (Phi) is 13.2. The van der Waals surface area contributed by atoms with Crippen LogP contribution < -0.4 is 9.47 Å². The van der Waals surface area contributed by atoms with Crippen LogP contribution in [0.15, 0.2) is 12.1 Å². The second-order valence-electron chi connectivity index (χ2n) is 10.5. The van der Waals surface area contributed by atoms with Crippen molar-refractivity contribution in [2.75, 3.05) is 13.2 Å². The predicted octanol–water partition coefficient (Wildman–Crippen LogP) is 8.77. The van der Waals surface area contributed by atoms with Crippen molar-refractivity contribution < 1.29 is 9.47 Å². The first-order chi connectivity index (χ1) is 14.2. The van der Waals surface area contributed by atoms with Gasteiger partial charge in [0.15, 0.2) is 0 Å². The lowest BCUT2D eigenvalue weighted by Gasteiger charge is -2.17. The Labute approximate surface area is 188 Å². The van der Waals surface area contributed by atoms with Crippen molar-refractivity contribution in [3.8, 4) is 11.5 Å². The van der Waals surface area contributed by atoms with E-state index in [1.807, 2.05) is 0 Å². The van der Waals surface area contributed by atoms with Crippen LogP contribution in [0.4, 0.5) is 0 Å². The summed E-state index contributed by atoms with van der Waals surface area (Å²) in [6, 6.07) is 4.31. The predicted molar refractivity (Wildman–Crippen MR) is 132 cm³/mol. The van der Waals surface area contributed by atoms with E-state index in [9.17, 15) is 0 Å². The normalized spacial score (nSPS) is 13.7. The maximum absolute atomic E-state index is 6.12. The molecule has 0 spiro atoms. The summed E-state index contributed by atoms with van der Waals surface area (Å²) < 4.78 is 12.2. The van der Waals surface area contributed by atoms with Crippen molar-refractivity contribution in [3.05, 3.63) is 23.3 Å². The fourth-order valence-corrected chi connectivity index (χ4v) is 3.85. The van der Waals surface area contributed by atoms with Gasteiger partial charge < -0.3 is 9.47 Å². The van der Waals surface area contributed by atoms with Crippen LogP contribution in [0.25, 0.3) is 0 Å². The molecule has 0 aliphatic rings. The second kappa shape index (κ2) is 14.8. The zero-order valence-electron chi connectivity index (χ0n) is 21.4. The van der Waals surface area contributed by atoms with Crippen molar-refractivity contribution in [2.24, 2.45) is 23.7 Å². The lowest BCUT2D eigenvalue weighted by Crippen LogP contribution is -2.07. The van der Waals surface area contributed by atoms with Crippen LogP contribution in [0, 0.1) is 37.5 Å². The highest BCUT2D eigenvalue weighted by Gasteiger charge is 2.10. The molecule has 174 valence electrons. The van der Waals surface area contributed by atoms with Gasteiger partial charge in [0.1, 0.15) is 11.5 Å². The third-order valence-corrected chi connectivity index (χ3v) is 6.17. The topological polar surface area (TPSA) is 18.5 Å². The van der Waals surface area contributed by atoms with Gasteiger partial charge in [0.25, 0.3) is 0 Å². The van der Waals surface area contributed by atoms with Gasteiger partial charge in [-0.25, -0.2) is 0 Å². The highest BCUT2D eigenvalue weighted by atomic mass is 16.5. The molecule has 0 aliphatic heterocycles. The first kappa shape index (κ1) is 26.9. The van der Waals surface area contributed by atoms with Crippen molar-refractivity contribution in [3.63, 3.8) is 0 Å². The van der Waals surface area contributed by atoms with Crippen LogP contribution in [0.3, 0.4) is 0 Å². The number of benzene rings is 1. The summed E-state index contributed by atoms with van der Waals surface area (Å²) in [5.74, 6) is 5.11. The highest BCUT2D eigenvalue weighted by molar-refractivity contribution is 5.45. The molecule has 2 heteroatoms. The fourth-order valence-electron chi connectivity index (χ4n) is 3.85. The summed E-state index contributed by atoms with van der Waals surface area (Å²) in [5, 5.41) is 0. The molecule has 0 bridgehead atoms. The van der Waals surface area contributed by atoms with E-state index < -0.39 is 0 Å². The molecule has 0 fully saturated rings. The summed E-state index contributed by atoms with van der Waals surface area (Å²) >= 11 is 0. The van der Waals surface area contributed by atoms with E-state index in [0.29, 0.717) is 0 Å². The van der Waals surface area contributed by atoms with Crippen molar-refractivity contribution in [1.82, 2.24) is 0 Å². The minimum absolute atomic E-state index is 0.732. The summed E-state index contributed by atoms with van der Waals surface area (Å²) in [6.07, 6.45) is 10.2. The SMILES string of the molecule is Cc1cc(OCCC(C)CCCC(C)C)c(C)cc1OCCC(C)CCCC(C)C. The first-order valence-electron chi connectivity index (χ1n) is 12.6. The maximum atomic E-state index is 6.12. The van der Waals surface area contributed by atoms with Gasteiger partial charge >= 0.3 is 0 Å². The standard InChI is InChI=1S/C28H50O2/c1-21(2)11-9-13-23(5)15-17-29-27-19-26(8)28(20-25(27)7)30-18-16-24(6)14-10-12-22(3)4/h19-24H,9-18H2,1-8H3. The van der Waals surface area contributed by atoms with Crippen LogP contribution in [-0.2, 0) is 0 Å². The molecule has 1 rings (SSSR count). The van der Waals surface area contributed by atoms with Gasteiger partial charge in [0, 0.05) is 0 Å². The molecule has 2 atom stereocenters. The minimum atomic E-state index is 0.732. The second-order valence-corrected chi connectivity index (χ2v) is 10.5. The molecule has 0 N–H and O–H groups in total. The molecule has 1 aromatic carbocycles. The van der Waals surface area contributed by atoms with E-state index in [-0.39, 0.29) is 0 Å². The van der Waals surface area contributed by atoms with Gasteiger partial charge in [-0.15, -0.1) is 0 Å². The first-order valence-corrected chi connectivity index (χ1v) is 12.6. The molecular formula is C28H50O2. The number of rotatable bonds is 16. The molecule has 2 unspecified atom stereocenters. The van der Waals surface area contributed by atoms with E-state index >= 15 is 0 Å². The summed E-state index contributed by atoms with van der Waals surface area (Å²) in [6.45, 7) is 19.8. The fraction of sp³-hybridized carbons (Fsp3) is 0.786. The van der Waals surface area contributed by atoms with E-state index in [1.54, 1.807) is 0 Å². The third kappa shape index (κ3) is 11.9. The molecule has 0 radical (unpaired) electrons. The van der Waals surface area contributed by atoms with E-state index in [0.717, 1.165) is 61.2 Å². The van der Waals surface area contributed by atoms with E-state index in [1.165, 1.54) is 49.7 Å². The Morgan fingerprint density at radius 1 is 0.567 bits per heavy atom. The Balaban J connectivity index is 2.37. The van der Waals surface area contributed by atoms with Crippen molar-refractivity contribution in [1.29, 1.82) is 0 Å². The van der Waals surface area contributed by atoms with E-state index in [2.05, 4.69) is 67.5 Å². The number of hydrogen-bond donors (Lipinski definition) is 0.